The van der Waals surface area contributed by atoms with E-state index in [1.807, 2.05) is 7.05 Å². The van der Waals surface area contributed by atoms with E-state index < -0.39 is 0 Å². The van der Waals surface area contributed by atoms with E-state index in [1.54, 1.807) is 0 Å². The van der Waals surface area contributed by atoms with Crippen molar-refractivity contribution in [1.82, 2.24) is 15.5 Å². The molecular weight excluding hydrogens is 248 g/mol. The number of likely N-dealkylation sites (tertiary alicyclic amines) is 1. The summed E-state index contributed by atoms with van der Waals surface area (Å²) in [6.07, 6.45) is 6.42. The molecule has 118 valence electrons. The average molecular weight is 282 g/mol. The van der Waals surface area contributed by atoms with Crippen LogP contribution in [0, 0.1) is 11.8 Å². The molecule has 20 heavy (non-hydrogen) atoms. The van der Waals surface area contributed by atoms with Crippen molar-refractivity contribution in [2.24, 2.45) is 16.8 Å². The molecule has 0 amide bonds. The quantitative estimate of drug-likeness (QED) is 0.556. The molecule has 0 aromatic carbocycles. The molecule has 1 heterocycles. The van der Waals surface area contributed by atoms with Crippen molar-refractivity contribution in [1.29, 1.82) is 0 Å². The van der Waals surface area contributed by atoms with Crippen molar-refractivity contribution in [3.63, 3.8) is 0 Å². The lowest BCUT2D eigenvalue weighted by Gasteiger charge is -2.29. The number of nitrogens with one attached hydrogen (secondary N) is 2. The summed E-state index contributed by atoms with van der Waals surface area (Å²) in [7, 11) is 4.08. The SMILES string of the molecule is CCC(CC)CNC(=NC)NCCC1CCN(C)CC1. The molecule has 0 bridgehead atoms. The molecule has 0 radical (unpaired) electrons. The number of nitrogens with zero attached hydrogens (tertiary/aromatic N) is 2. The molecule has 0 aromatic heterocycles. The lowest BCUT2D eigenvalue weighted by Crippen LogP contribution is -2.41. The van der Waals surface area contributed by atoms with Crippen LogP contribution < -0.4 is 10.6 Å². The van der Waals surface area contributed by atoms with E-state index in [0.29, 0.717) is 0 Å². The van der Waals surface area contributed by atoms with Gasteiger partial charge in [-0.3, -0.25) is 4.99 Å². The lowest BCUT2D eigenvalue weighted by molar-refractivity contribution is 0.213. The Labute approximate surface area is 125 Å². The third-order valence-electron chi connectivity index (χ3n) is 4.62. The topological polar surface area (TPSA) is 39.7 Å². The minimum absolute atomic E-state index is 0.752. The van der Waals surface area contributed by atoms with Crippen molar-refractivity contribution in [2.75, 3.05) is 40.3 Å². The molecule has 1 aliphatic heterocycles. The highest BCUT2D eigenvalue weighted by atomic mass is 15.2. The molecule has 4 nitrogen and oxygen atoms in total. The van der Waals surface area contributed by atoms with Gasteiger partial charge in [0.15, 0.2) is 5.96 Å². The summed E-state index contributed by atoms with van der Waals surface area (Å²) in [5.74, 6) is 2.60. The predicted octanol–water partition coefficient (Wildman–Crippen LogP) is 2.32. The zero-order valence-corrected chi connectivity index (χ0v) is 13.9. The predicted molar refractivity (Wildman–Crippen MR) is 88.3 cm³/mol. The average Bonchev–Trinajstić information content (AvgIpc) is 2.48. The standard InChI is InChI=1S/C16H34N4/c1-5-14(6-2)13-19-16(17-3)18-10-7-15-8-11-20(4)12-9-15/h14-15H,5-13H2,1-4H3,(H2,17,18,19). The van der Waals surface area contributed by atoms with Crippen LogP contribution in [-0.2, 0) is 0 Å². The fraction of sp³-hybridized carbons (Fsp3) is 0.938. The molecule has 1 fully saturated rings. The summed E-state index contributed by atoms with van der Waals surface area (Å²) in [6.45, 7) is 9.09. The van der Waals surface area contributed by atoms with Gasteiger partial charge in [-0.1, -0.05) is 26.7 Å². The Morgan fingerprint density at radius 2 is 1.85 bits per heavy atom. The summed E-state index contributed by atoms with van der Waals surface area (Å²) >= 11 is 0. The Kier molecular flexibility index (Phi) is 8.67. The van der Waals surface area contributed by atoms with Crippen LogP contribution >= 0.6 is 0 Å². The van der Waals surface area contributed by atoms with Crippen LogP contribution in [0.25, 0.3) is 0 Å². The highest BCUT2D eigenvalue weighted by Gasteiger charge is 2.16. The van der Waals surface area contributed by atoms with Gasteiger partial charge in [0.1, 0.15) is 0 Å². The van der Waals surface area contributed by atoms with Crippen molar-refractivity contribution >= 4 is 5.96 Å². The highest BCUT2D eigenvalue weighted by molar-refractivity contribution is 5.79. The summed E-state index contributed by atoms with van der Waals surface area (Å²) < 4.78 is 0. The number of guanidine groups is 1. The van der Waals surface area contributed by atoms with Gasteiger partial charge >= 0.3 is 0 Å². The number of piperidine rings is 1. The maximum absolute atomic E-state index is 4.31. The fourth-order valence-corrected chi connectivity index (χ4v) is 2.78. The fourth-order valence-electron chi connectivity index (χ4n) is 2.78. The molecule has 0 unspecified atom stereocenters. The molecule has 0 saturated carbocycles. The second kappa shape index (κ2) is 10.0. The first-order valence-electron chi connectivity index (χ1n) is 8.32. The van der Waals surface area contributed by atoms with Crippen LogP contribution in [0.15, 0.2) is 4.99 Å². The monoisotopic (exact) mass is 282 g/mol. The smallest absolute Gasteiger partial charge is 0.190 e. The molecule has 1 saturated heterocycles. The molecule has 2 N–H and O–H groups in total. The van der Waals surface area contributed by atoms with Crippen molar-refractivity contribution in [3.8, 4) is 0 Å². The van der Waals surface area contributed by atoms with E-state index in [0.717, 1.165) is 30.9 Å². The zero-order valence-electron chi connectivity index (χ0n) is 13.9. The van der Waals surface area contributed by atoms with E-state index >= 15 is 0 Å². The van der Waals surface area contributed by atoms with Gasteiger partial charge in [-0.2, -0.15) is 0 Å². The van der Waals surface area contributed by atoms with E-state index in [1.165, 1.54) is 45.2 Å². The third kappa shape index (κ3) is 6.60. The van der Waals surface area contributed by atoms with Gasteiger partial charge in [0, 0.05) is 20.1 Å². The molecule has 0 aromatic rings. The summed E-state index contributed by atoms with van der Waals surface area (Å²) in [4.78, 5) is 6.74. The number of rotatable bonds is 7. The van der Waals surface area contributed by atoms with Crippen LogP contribution in [0.3, 0.4) is 0 Å². The van der Waals surface area contributed by atoms with Gasteiger partial charge in [0.25, 0.3) is 0 Å². The summed E-state index contributed by atoms with van der Waals surface area (Å²) in [5.41, 5.74) is 0. The Balaban J connectivity index is 2.15. The van der Waals surface area contributed by atoms with Crippen LogP contribution in [0.1, 0.15) is 46.0 Å². The second-order valence-electron chi connectivity index (χ2n) is 6.10. The van der Waals surface area contributed by atoms with Crippen molar-refractivity contribution < 1.29 is 0 Å². The Morgan fingerprint density at radius 1 is 1.20 bits per heavy atom. The molecule has 0 aliphatic carbocycles. The molecule has 0 spiro atoms. The van der Waals surface area contributed by atoms with Crippen LogP contribution in [0.5, 0.6) is 0 Å². The van der Waals surface area contributed by atoms with E-state index in [2.05, 4.69) is 41.4 Å². The first-order valence-corrected chi connectivity index (χ1v) is 8.32. The van der Waals surface area contributed by atoms with Crippen LogP contribution in [0.2, 0.25) is 0 Å². The Bertz CT molecular complexity index is 266. The van der Waals surface area contributed by atoms with Gasteiger partial charge in [-0.05, 0) is 51.2 Å². The van der Waals surface area contributed by atoms with E-state index in [-0.39, 0.29) is 0 Å². The van der Waals surface area contributed by atoms with Crippen molar-refractivity contribution in [2.45, 2.75) is 46.0 Å². The van der Waals surface area contributed by atoms with Gasteiger partial charge < -0.3 is 15.5 Å². The lowest BCUT2D eigenvalue weighted by atomic mass is 9.94. The molecule has 1 rings (SSSR count). The minimum atomic E-state index is 0.752. The van der Waals surface area contributed by atoms with Crippen LogP contribution in [0.4, 0.5) is 0 Å². The summed E-state index contributed by atoms with van der Waals surface area (Å²) in [6, 6.07) is 0. The third-order valence-corrected chi connectivity index (χ3v) is 4.62. The molecule has 4 heteroatoms. The van der Waals surface area contributed by atoms with E-state index in [4.69, 9.17) is 0 Å². The number of hydrogen-bond donors (Lipinski definition) is 2. The Morgan fingerprint density at radius 3 is 2.40 bits per heavy atom. The molecule has 1 aliphatic rings. The van der Waals surface area contributed by atoms with E-state index in [9.17, 15) is 0 Å². The van der Waals surface area contributed by atoms with Gasteiger partial charge in [0.05, 0.1) is 0 Å². The summed E-state index contributed by atoms with van der Waals surface area (Å²) in [5, 5.41) is 6.90. The van der Waals surface area contributed by atoms with Gasteiger partial charge in [0.2, 0.25) is 0 Å². The maximum atomic E-state index is 4.31. The van der Waals surface area contributed by atoms with Gasteiger partial charge in [-0.25, -0.2) is 0 Å². The second-order valence-corrected chi connectivity index (χ2v) is 6.10. The first kappa shape index (κ1) is 17.3. The highest BCUT2D eigenvalue weighted by Crippen LogP contribution is 2.18. The van der Waals surface area contributed by atoms with Crippen molar-refractivity contribution in [3.05, 3.63) is 0 Å². The minimum Gasteiger partial charge on any atom is -0.356 e. The number of hydrogen-bond acceptors (Lipinski definition) is 2. The maximum Gasteiger partial charge on any atom is 0.190 e. The van der Waals surface area contributed by atoms with Gasteiger partial charge in [-0.15, -0.1) is 0 Å². The van der Waals surface area contributed by atoms with Crippen LogP contribution in [-0.4, -0.2) is 51.1 Å². The Hall–Kier alpha value is -0.770. The molecular formula is C16H34N4. The largest absolute Gasteiger partial charge is 0.356 e. The number of aliphatic imine (C=N–C) groups is 1. The first-order chi connectivity index (χ1) is 9.69. The molecule has 0 atom stereocenters. The normalized spacial score (nSPS) is 18.6. The zero-order chi connectivity index (χ0) is 14.8.